The van der Waals surface area contributed by atoms with Crippen LogP contribution in [0, 0.1) is 0 Å². The molecule has 5 nitrogen and oxygen atoms in total. The van der Waals surface area contributed by atoms with E-state index in [2.05, 4.69) is 30.3 Å². The van der Waals surface area contributed by atoms with Crippen LogP contribution in [0.3, 0.4) is 0 Å². The number of urea groups is 1. The smallest absolute Gasteiger partial charge is 0.320 e. The molecular formula is C22H28N2O3. The number of aryl methyl sites for hydroxylation is 1. The third-order valence-corrected chi connectivity index (χ3v) is 5.18. The van der Waals surface area contributed by atoms with Gasteiger partial charge in [0.05, 0.1) is 20.3 Å². The van der Waals surface area contributed by atoms with Crippen molar-refractivity contribution in [2.24, 2.45) is 0 Å². The highest BCUT2D eigenvalue weighted by Crippen LogP contribution is 2.40. The maximum atomic E-state index is 12.8. The molecule has 3 rings (SSSR count). The second kappa shape index (κ2) is 8.33. The van der Waals surface area contributed by atoms with Gasteiger partial charge in [-0.2, -0.15) is 0 Å². The number of carbonyl (C=O) groups excluding carboxylic acids is 1. The topological polar surface area (TPSA) is 42.0 Å². The molecule has 1 heterocycles. The van der Waals surface area contributed by atoms with Gasteiger partial charge in [0.25, 0.3) is 0 Å². The summed E-state index contributed by atoms with van der Waals surface area (Å²) >= 11 is 0. The van der Waals surface area contributed by atoms with E-state index in [-0.39, 0.29) is 12.1 Å². The van der Waals surface area contributed by atoms with Crippen LogP contribution in [0.5, 0.6) is 11.5 Å². The summed E-state index contributed by atoms with van der Waals surface area (Å²) in [6.07, 6.45) is 2.60. The molecule has 0 saturated carbocycles. The van der Waals surface area contributed by atoms with Crippen molar-refractivity contribution in [2.75, 3.05) is 34.9 Å². The molecule has 144 valence electrons. The van der Waals surface area contributed by atoms with Gasteiger partial charge in [0, 0.05) is 20.6 Å². The summed E-state index contributed by atoms with van der Waals surface area (Å²) in [4.78, 5) is 16.4. The largest absolute Gasteiger partial charge is 0.493 e. The van der Waals surface area contributed by atoms with Crippen molar-refractivity contribution >= 4 is 6.03 Å². The Morgan fingerprint density at radius 1 is 1.11 bits per heavy atom. The van der Waals surface area contributed by atoms with E-state index in [0.717, 1.165) is 30.6 Å². The Morgan fingerprint density at radius 2 is 1.78 bits per heavy atom. The van der Waals surface area contributed by atoms with Gasteiger partial charge >= 0.3 is 6.03 Å². The fourth-order valence-corrected chi connectivity index (χ4v) is 3.77. The summed E-state index contributed by atoms with van der Waals surface area (Å²) in [6, 6.07) is 14.6. The van der Waals surface area contributed by atoms with Gasteiger partial charge < -0.3 is 19.3 Å². The molecule has 0 bridgehead atoms. The summed E-state index contributed by atoms with van der Waals surface area (Å²) in [5.74, 6) is 1.45. The Hall–Kier alpha value is -2.69. The zero-order valence-electron chi connectivity index (χ0n) is 16.6. The molecular weight excluding hydrogens is 340 g/mol. The Labute approximate surface area is 161 Å². The molecule has 0 aromatic heterocycles. The Kier molecular flexibility index (Phi) is 5.89. The van der Waals surface area contributed by atoms with E-state index in [1.807, 2.05) is 17.0 Å². The molecule has 0 spiro atoms. The van der Waals surface area contributed by atoms with E-state index < -0.39 is 0 Å². The predicted octanol–water partition coefficient (Wildman–Crippen LogP) is 3.92. The number of amides is 2. The fourth-order valence-electron chi connectivity index (χ4n) is 3.77. The average molecular weight is 368 g/mol. The van der Waals surface area contributed by atoms with Gasteiger partial charge in [-0.15, -0.1) is 0 Å². The first-order valence-electron chi connectivity index (χ1n) is 9.31. The van der Waals surface area contributed by atoms with Crippen LogP contribution in [0.4, 0.5) is 4.79 Å². The summed E-state index contributed by atoms with van der Waals surface area (Å²) in [5, 5.41) is 0. The lowest BCUT2D eigenvalue weighted by atomic mass is 9.88. The molecule has 1 aliphatic rings. The first-order chi connectivity index (χ1) is 13.0. The summed E-state index contributed by atoms with van der Waals surface area (Å²) in [6.45, 7) is 0.707. The number of ether oxygens (including phenoxy) is 2. The van der Waals surface area contributed by atoms with Crippen molar-refractivity contribution in [2.45, 2.75) is 25.3 Å². The van der Waals surface area contributed by atoms with E-state index >= 15 is 0 Å². The number of fused-ring (bicyclic) bond motifs is 1. The highest BCUT2D eigenvalue weighted by molar-refractivity contribution is 5.75. The average Bonchev–Trinajstić information content (AvgIpc) is 2.70. The molecule has 0 fully saturated rings. The number of benzene rings is 2. The number of carbonyl (C=O) groups is 1. The molecule has 1 atom stereocenters. The second-order valence-electron chi connectivity index (χ2n) is 7.07. The maximum Gasteiger partial charge on any atom is 0.320 e. The molecule has 27 heavy (non-hydrogen) atoms. The van der Waals surface area contributed by atoms with E-state index in [0.29, 0.717) is 12.3 Å². The lowest BCUT2D eigenvalue weighted by molar-refractivity contribution is 0.140. The van der Waals surface area contributed by atoms with Crippen LogP contribution in [0.2, 0.25) is 0 Å². The monoisotopic (exact) mass is 368 g/mol. The van der Waals surface area contributed by atoms with Crippen molar-refractivity contribution in [3.05, 3.63) is 59.2 Å². The number of methoxy groups -OCH3 is 2. The van der Waals surface area contributed by atoms with Gasteiger partial charge in [-0.25, -0.2) is 4.79 Å². The van der Waals surface area contributed by atoms with Crippen molar-refractivity contribution in [3.8, 4) is 11.5 Å². The highest BCUT2D eigenvalue weighted by atomic mass is 16.5. The van der Waals surface area contributed by atoms with Crippen LogP contribution in [0.15, 0.2) is 42.5 Å². The SMILES string of the molecule is COc1cc2c(cc1OC)C(CCc1ccccc1)N(C(=O)N(C)C)CC2. The number of rotatable bonds is 5. The van der Waals surface area contributed by atoms with Gasteiger partial charge in [-0.1, -0.05) is 30.3 Å². The van der Waals surface area contributed by atoms with Crippen LogP contribution in [-0.4, -0.2) is 50.7 Å². The normalized spacial score (nSPS) is 15.9. The highest BCUT2D eigenvalue weighted by Gasteiger charge is 2.32. The molecule has 0 N–H and O–H groups in total. The Morgan fingerprint density at radius 3 is 2.41 bits per heavy atom. The van der Waals surface area contributed by atoms with E-state index in [1.165, 1.54) is 11.1 Å². The second-order valence-corrected chi connectivity index (χ2v) is 7.07. The molecule has 5 heteroatoms. The zero-order chi connectivity index (χ0) is 19.4. The van der Waals surface area contributed by atoms with Gasteiger partial charge in [0.1, 0.15) is 0 Å². The number of nitrogens with zero attached hydrogens (tertiary/aromatic N) is 2. The van der Waals surface area contributed by atoms with Crippen LogP contribution in [0.1, 0.15) is 29.2 Å². The lowest BCUT2D eigenvalue weighted by Crippen LogP contribution is -2.45. The standard InChI is InChI=1S/C22H28N2O3/c1-23(2)22(25)24-13-12-17-14-20(26-3)21(27-4)15-18(17)19(24)11-10-16-8-6-5-7-9-16/h5-9,14-15,19H,10-13H2,1-4H3. The first-order valence-corrected chi connectivity index (χ1v) is 9.31. The number of hydrogen-bond acceptors (Lipinski definition) is 3. The van der Waals surface area contributed by atoms with Crippen LogP contribution in [-0.2, 0) is 12.8 Å². The van der Waals surface area contributed by atoms with Crippen LogP contribution < -0.4 is 9.47 Å². The lowest BCUT2D eigenvalue weighted by Gasteiger charge is -2.39. The van der Waals surface area contributed by atoms with Crippen molar-refractivity contribution < 1.29 is 14.3 Å². The quantitative estimate of drug-likeness (QED) is 0.803. The van der Waals surface area contributed by atoms with E-state index in [9.17, 15) is 4.79 Å². The third kappa shape index (κ3) is 4.02. The minimum Gasteiger partial charge on any atom is -0.493 e. The molecule has 1 unspecified atom stereocenters. The predicted molar refractivity (Wildman–Crippen MR) is 107 cm³/mol. The van der Waals surface area contributed by atoms with Crippen LogP contribution in [0.25, 0.3) is 0 Å². The van der Waals surface area contributed by atoms with E-state index in [4.69, 9.17) is 9.47 Å². The van der Waals surface area contributed by atoms with Crippen molar-refractivity contribution in [1.82, 2.24) is 9.80 Å². The molecule has 0 radical (unpaired) electrons. The molecule has 2 aromatic carbocycles. The van der Waals surface area contributed by atoms with Crippen molar-refractivity contribution in [3.63, 3.8) is 0 Å². The molecule has 2 amide bonds. The van der Waals surface area contributed by atoms with Gasteiger partial charge in [0.2, 0.25) is 0 Å². The number of hydrogen-bond donors (Lipinski definition) is 0. The van der Waals surface area contributed by atoms with Gasteiger partial charge in [-0.05, 0) is 48.1 Å². The Balaban J connectivity index is 1.96. The van der Waals surface area contributed by atoms with Gasteiger partial charge in [-0.3, -0.25) is 0 Å². The Bertz CT molecular complexity index is 790. The summed E-state index contributed by atoms with van der Waals surface area (Å²) in [7, 11) is 6.91. The molecule has 2 aromatic rings. The first kappa shape index (κ1) is 19.1. The summed E-state index contributed by atoms with van der Waals surface area (Å²) < 4.78 is 11.0. The minimum atomic E-state index is 0.0173. The fraction of sp³-hybridized carbons (Fsp3) is 0.409. The zero-order valence-corrected chi connectivity index (χ0v) is 16.6. The molecule has 1 aliphatic heterocycles. The van der Waals surface area contributed by atoms with Crippen LogP contribution >= 0.6 is 0 Å². The van der Waals surface area contributed by atoms with E-state index in [1.54, 1.807) is 33.2 Å². The molecule has 0 aliphatic carbocycles. The van der Waals surface area contributed by atoms with Gasteiger partial charge in [0.15, 0.2) is 11.5 Å². The minimum absolute atomic E-state index is 0.0173. The van der Waals surface area contributed by atoms with Crippen molar-refractivity contribution in [1.29, 1.82) is 0 Å². The molecule has 0 saturated heterocycles. The third-order valence-electron chi connectivity index (χ3n) is 5.18. The maximum absolute atomic E-state index is 12.8. The summed E-state index contributed by atoms with van der Waals surface area (Å²) in [5.41, 5.74) is 3.67.